The van der Waals surface area contributed by atoms with Crippen LogP contribution >= 0.6 is 24.0 Å². The molecule has 39 heavy (non-hydrogen) atoms. The Morgan fingerprint density at radius 3 is 2.59 bits per heavy atom. The Balaban J connectivity index is 1.51. The summed E-state index contributed by atoms with van der Waals surface area (Å²) >= 11 is 6.62. The molecule has 11 heteroatoms. The van der Waals surface area contributed by atoms with Gasteiger partial charge in [0.25, 0.3) is 11.5 Å². The van der Waals surface area contributed by atoms with Crippen LogP contribution in [0.3, 0.4) is 0 Å². The van der Waals surface area contributed by atoms with Crippen LogP contribution < -0.4 is 20.3 Å². The fraction of sp³-hybridized carbons (Fsp3) is 0.214. The third-order valence-corrected chi connectivity index (χ3v) is 7.87. The second-order valence-electron chi connectivity index (χ2n) is 8.86. The Bertz CT molecular complexity index is 1630. The average Bonchev–Trinajstić information content (AvgIpc) is 3.50. The number of hydrogen-bond acceptors (Lipinski definition) is 8. The minimum atomic E-state index is -0.410. The van der Waals surface area contributed by atoms with Gasteiger partial charge >= 0.3 is 0 Å². The number of fused-ring (bicyclic) bond motifs is 1. The highest BCUT2D eigenvalue weighted by Crippen LogP contribution is 2.36. The molecule has 2 aliphatic rings. The smallest absolute Gasteiger partial charge is 0.270 e. The molecule has 3 heterocycles. The lowest BCUT2D eigenvalue weighted by atomic mass is 10.0. The zero-order valence-corrected chi connectivity index (χ0v) is 22.7. The van der Waals surface area contributed by atoms with Gasteiger partial charge in [-0.3, -0.25) is 19.1 Å². The Hall–Kier alpha value is -4.14. The summed E-state index contributed by atoms with van der Waals surface area (Å²) in [6, 6.07) is 13.5. The lowest BCUT2D eigenvalue weighted by Gasteiger charge is -2.19. The summed E-state index contributed by atoms with van der Waals surface area (Å²) in [7, 11) is 0. The molecule has 8 nitrogen and oxygen atoms in total. The molecule has 2 aromatic carbocycles. The van der Waals surface area contributed by atoms with E-state index in [0.717, 1.165) is 22.9 Å². The first-order chi connectivity index (χ1) is 18.8. The predicted octanol–water partition coefficient (Wildman–Crippen LogP) is 4.93. The highest BCUT2D eigenvalue weighted by molar-refractivity contribution is 8.26. The van der Waals surface area contributed by atoms with Crippen molar-refractivity contribution in [3.63, 3.8) is 0 Å². The summed E-state index contributed by atoms with van der Waals surface area (Å²) in [4.78, 5) is 28.3. The van der Waals surface area contributed by atoms with E-state index >= 15 is 0 Å². The van der Waals surface area contributed by atoms with Gasteiger partial charge in [-0.1, -0.05) is 42.2 Å². The lowest BCUT2D eigenvalue weighted by molar-refractivity contribution is -0.122. The molecule has 0 saturated carbocycles. The Kier molecular flexibility index (Phi) is 7.41. The van der Waals surface area contributed by atoms with Gasteiger partial charge in [0.15, 0.2) is 11.5 Å². The van der Waals surface area contributed by atoms with Crippen LogP contribution in [0.15, 0.2) is 52.2 Å². The summed E-state index contributed by atoms with van der Waals surface area (Å²) in [6.45, 7) is 4.54. The maximum Gasteiger partial charge on any atom is 0.270 e. The third-order valence-electron chi connectivity index (χ3n) is 6.49. The highest BCUT2D eigenvalue weighted by Gasteiger charge is 2.33. The molecule has 2 aliphatic heterocycles. The summed E-state index contributed by atoms with van der Waals surface area (Å²) < 4.78 is 26.0. The number of benzene rings is 2. The second kappa shape index (κ2) is 10.9. The number of ether oxygens (including phenoxy) is 2. The number of nitriles is 1. The van der Waals surface area contributed by atoms with E-state index in [1.54, 1.807) is 25.1 Å². The van der Waals surface area contributed by atoms with Crippen molar-refractivity contribution >= 4 is 46.1 Å². The Labute approximate surface area is 233 Å². The average molecular weight is 563 g/mol. The molecule has 0 spiro atoms. The largest absolute Gasteiger partial charge is 0.454 e. The van der Waals surface area contributed by atoms with Crippen LogP contribution in [0.2, 0.25) is 0 Å². The van der Waals surface area contributed by atoms with Gasteiger partial charge in [-0.15, -0.1) is 0 Å². The van der Waals surface area contributed by atoms with E-state index in [9.17, 15) is 19.2 Å². The highest BCUT2D eigenvalue weighted by atomic mass is 32.2. The first kappa shape index (κ1) is 26.5. The molecule has 5 rings (SSSR count). The van der Waals surface area contributed by atoms with Crippen LogP contribution in [0.25, 0.3) is 6.08 Å². The van der Waals surface area contributed by atoms with Crippen molar-refractivity contribution in [3.8, 4) is 17.6 Å². The molecule has 0 atom stereocenters. The van der Waals surface area contributed by atoms with Crippen LogP contribution in [-0.4, -0.2) is 26.5 Å². The third kappa shape index (κ3) is 5.13. The number of hydrogen-bond donors (Lipinski definition) is 1. The van der Waals surface area contributed by atoms with Crippen LogP contribution in [0.5, 0.6) is 11.5 Å². The molecule has 3 aromatic rings. The number of halogens is 1. The van der Waals surface area contributed by atoms with Gasteiger partial charge < -0.3 is 14.8 Å². The van der Waals surface area contributed by atoms with Gasteiger partial charge in [-0.05, 0) is 60.9 Å². The van der Waals surface area contributed by atoms with Crippen molar-refractivity contribution in [1.82, 2.24) is 9.47 Å². The number of anilines is 1. The standard InChI is InChI=1S/C28H23FN4O4S2/c1-3-32-25(31-13-18-6-9-22-23(10-18)37-15-36-22)20(16(2)21(12-30)26(32)34)11-24-27(35)33(28(38)39-24)14-17-4-7-19(29)8-5-17/h4-11,31H,3,13-15H2,1-2H3/b24-11+. The maximum absolute atomic E-state index is 13.4. The predicted molar refractivity (Wildman–Crippen MR) is 151 cm³/mol. The maximum atomic E-state index is 13.4. The summed E-state index contributed by atoms with van der Waals surface area (Å²) in [5.74, 6) is 1.13. The fourth-order valence-electron chi connectivity index (χ4n) is 4.43. The Morgan fingerprint density at radius 1 is 1.15 bits per heavy atom. The molecule has 1 fully saturated rings. The van der Waals surface area contributed by atoms with Gasteiger partial charge in [-0.2, -0.15) is 5.26 Å². The molecule has 0 bridgehead atoms. The number of thiocarbonyl (C=S) groups is 1. The number of thioether (sulfide) groups is 1. The van der Waals surface area contributed by atoms with Crippen molar-refractivity contribution < 1.29 is 18.7 Å². The minimum Gasteiger partial charge on any atom is -0.454 e. The normalized spacial score (nSPS) is 15.2. The number of pyridine rings is 1. The van der Waals surface area contributed by atoms with Crippen LogP contribution in [-0.2, 0) is 24.4 Å². The number of rotatable bonds is 7. The second-order valence-corrected chi connectivity index (χ2v) is 10.5. The van der Waals surface area contributed by atoms with Crippen molar-refractivity contribution in [3.05, 3.63) is 91.4 Å². The molecule has 1 N–H and O–H groups in total. The first-order valence-corrected chi connectivity index (χ1v) is 13.3. The van der Waals surface area contributed by atoms with Gasteiger partial charge in [-0.25, -0.2) is 4.39 Å². The van der Waals surface area contributed by atoms with E-state index in [0.29, 0.717) is 50.8 Å². The van der Waals surface area contributed by atoms with Crippen LogP contribution in [0.4, 0.5) is 10.2 Å². The van der Waals surface area contributed by atoms with E-state index in [2.05, 4.69) is 5.32 Å². The number of nitrogens with zero attached hydrogens (tertiary/aromatic N) is 3. The zero-order valence-electron chi connectivity index (χ0n) is 21.1. The molecule has 0 unspecified atom stereocenters. The molecular formula is C28H23FN4O4S2. The molecule has 198 valence electrons. The molecular weight excluding hydrogens is 539 g/mol. The van der Waals surface area contributed by atoms with Gasteiger partial charge in [0.05, 0.1) is 11.4 Å². The van der Waals surface area contributed by atoms with Crippen molar-refractivity contribution in [1.29, 1.82) is 5.26 Å². The quantitative estimate of drug-likeness (QED) is 0.320. The van der Waals surface area contributed by atoms with Gasteiger partial charge in [0, 0.05) is 18.7 Å². The summed E-state index contributed by atoms with van der Waals surface area (Å²) in [6.07, 6.45) is 1.67. The van der Waals surface area contributed by atoms with E-state index in [1.165, 1.54) is 21.6 Å². The SMILES string of the molecule is CCn1c(NCc2ccc3c(c2)OCO3)c(/C=C2/SC(=S)N(Cc3ccc(F)cc3)C2=O)c(C)c(C#N)c1=O. The van der Waals surface area contributed by atoms with E-state index in [-0.39, 0.29) is 30.6 Å². The number of nitrogens with one attached hydrogen (secondary N) is 1. The Morgan fingerprint density at radius 2 is 1.87 bits per heavy atom. The zero-order chi connectivity index (χ0) is 27.7. The van der Waals surface area contributed by atoms with E-state index < -0.39 is 5.56 Å². The van der Waals surface area contributed by atoms with Gasteiger partial charge in [0.2, 0.25) is 6.79 Å². The lowest BCUT2D eigenvalue weighted by Crippen LogP contribution is -2.28. The van der Waals surface area contributed by atoms with E-state index in [1.807, 2.05) is 31.2 Å². The van der Waals surface area contributed by atoms with Crippen LogP contribution in [0.1, 0.15) is 34.7 Å². The van der Waals surface area contributed by atoms with Crippen molar-refractivity contribution in [2.75, 3.05) is 12.1 Å². The number of carbonyl (C=O) groups excluding carboxylic acids is 1. The molecule has 1 aromatic heterocycles. The number of carbonyl (C=O) groups is 1. The number of amides is 1. The topological polar surface area (TPSA) is 96.6 Å². The summed E-state index contributed by atoms with van der Waals surface area (Å²) in [5.41, 5.74) is 2.25. The van der Waals surface area contributed by atoms with Gasteiger partial charge in [0.1, 0.15) is 27.6 Å². The number of aromatic nitrogens is 1. The molecule has 0 aliphatic carbocycles. The molecule has 1 amide bonds. The summed E-state index contributed by atoms with van der Waals surface area (Å²) in [5, 5.41) is 13.1. The van der Waals surface area contributed by atoms with E-state index in [4.69, 9.17) is 21.7 Å². The first-order valence-electron chi connectivity index (χ1n) is 12.1. The molecule has 0 radical (unpaired) electrons. The van der Waals surface area contributed by atoms with Crippen molar-refractivity contribution in [2.45, 2.75) is 33.5 Å². The minimum absolute atomic E-state index is 0.0125. The van der Waals surface area contributed by atoms with Crippen LogP contribution in [0, 0.1) is 24.1 Å². The molecule has 1 saturated heterocycles. The monoisotopic (exact) mass is 562 g/mol. The fourth-order valence-corrected chi connectivity index (χ4v) is 5.67. The van der Waals surface area contributed by atoms with Crippen molar-refractivity contribution in [2.24, 2.45) is 0 Å².